The quantitative estimate of drug-likeness (QED) is 0.466. The fraction of sp³-hybridized carbons (Fsp3) is 0.217. The average Bonchev–Trinajstić information content (AvgIpc) is 2.61. The molecule has 0 saturated heterocycles. The van der Waals surface area contributed by atoms with Crippen LogP contribution in [0.4, 0.5) is 0 Å². The van der Waals surface area contributed by atoms with Crippen molar-refractivity contribution < 1.29 is 4.57 Å². The van der Waals surface area contributed by atoms with Crippen molar-refractivity contribution in [1.82, 2.24) is 0 Å². The summed E-state index contributed by atoms with van der Waals surface area (Å²) in [4.78, 5) is 0. The summed E-state index contributed by atoms with van der Waals surface area (Å²) in [5.41, 5.74) is 6.67. The Hall–Kier alpha value is -2.38. The molecular formula is C23H25GeN2+. The number of aryl methyl sites for hydroxylation is 2. The Morgan fingerprint density at radius 3 is 2.12 bits per heavy atom. The van der Waals surface area contributed by atoms with Crippen molar-refractivity contribution in [2.75, 3.05) is 0 Å². The van der Waals surface area contributed by atoms with Gasteiger partial charge >= 0.3 is 159 Å². The summed E-state index contributed by atoms with van der Waals surface area (Å²) in [5, 5.41) is 9.62. The van der Waals surface area contributed by atoms with E-state index in [9.17, 15) is 5.26 Å². The molecular weight excluding hydrogens is 377 g/mol. The molecule has 1 aromatic heterocycles. The van der Waals surface area contributed by atoms with Crippen molar-refractivity contribution in [2.24, 2.45) is 7.05 Å². The van der Waals surface area contributed by atoms with Gasteiger partial charge in [0.05, 0.1) is 0 Å². The van der Waals surface area contributed by atoms with Crippen LogP contribution in [0.3, 0.4) is 0 Å². The molecule has 0 saturated carbocycles. The van der Waals surface area contributed by atoms with Crippen LogP contribution in [-0.2, 0) is 7.05 Å². The minimum atomic E-state index is -2.14. The van der Waals surface area contributed by atoms with Crippen LogP contribution in [-0.4, -0.2) is 13.3 Å². The van der Waals surface area contributed by atoms with Gasteiger partial charge < -0.3 is 0 Å². The molecule has 0 radical (unpaired) electrons. The molecule has 0 N–H and O–H groups in total. The Kier molecular flexibility index (Phi) is 5.02. The van der Waals surface area contributed by atoms with Gasteiger partial charge in [0.1, 0.15) is 0 Å². The van der Waals surface area contributed by atoms with Crippen molar-refractivity contribution in [3.05, 3.63) is 71.9 Å². The molecule has 0 aliphatic rings. The third kappa shape index (κ3) is 3.45. The first-order valence-corrected chi connectivity index (χ1v) is 16.3. The summed E-state index contributed by atoms with van der Waals surface area (Å²) < 4.78 is 3.67. The van der Waals surface area contributed by atoms with Gasteiger partial charge in [-0.25, -0.2) is 0 Å². The van der Waals surface area contributed by atoms with Gasteiger partial charge in [-0.3, -0.25) is 0 Å². The molecule has 0 unspecified atom stereocenters. The van der Waals surface area contributed by atoms with E-state index in [0.717, 1.165) is 11.1 Å². The Morgan fingerprint density at radius 2 is 1.50 bits per heavy atom. The fourth-order valence-electron chi connectivity index (χ4n) is 3.41. The number of benzene rings is 2. The zero-order valence-electron chi connectivity index (χ0n) is 16.2. The van der Waals surface area contributed by atoms with Crippen molar-refractivity contribution in [1.29, 1.82) is 5.26 Å². The van der Waals surface area contributed by atoms with Crippen LogP contribution < -0.4 is 8.96 Å². The average molecular weight is 402 g/mol. The van der Waals surface area contributed by atoms with Gasteiger partial charge in [0, 0.05) is 0 Å². The van der Waals surface area contributed by atoms with Crippen LogP contribution in [0.15, 0.2) is 60.8 Å². The molecule has 3 rings (SSSR count). The van der Waals surface area contributed by atoms with E-state index in [4.69, 9.17) is 0 Å². The van der Waals surface area contributed by atoms with Crippen LogP contribution in [0.2, 0.25) is 17.3 Å². The van der Waals surface area contributed by atoms with Crippen molar-refractivity contribution >= 4 is 17.7 Å². The fourth-order valence-corrected chi connectivity index (χ4v) is 6.76. The van der Waals surface area contributed by atoms with E-state index in [1.54, 1.807) is 0 Å². The van der Waals surface area contributed by atoms with Gasteiger partial charge in [0.15, 0.2) is 0 Å². The number of aromatic nitrogens is 1. The van der Waals surface area contributed by atoms with E-state index in [2.05, 4.69) is 84.5 Å². The summed E-state index contributed by atoms with van der Waals surface area (Å²) in [7, 11) is 2.12. The van der Waals surface area contributed by atoms with E-state index >= 15 is 0 Å². The minimum absolute atomic E-state index is 0.741. The molecule has 2 aromatic carbocycles. The van der Waals surface area contributed by atoms with Crippen molar-refractivity contribution in [3.63, 3.8) is 0 Å². The van der Waals surface area contributed by atoms with Crippen LogP contribution in [0.1, 0.15) is 11.1 Å². The number of hydrogen-bond donors (Lipinski definition) is 0. The molecule has 2 nitrogen and oxygen atoms in total. The second kappa shape index (κ2) is 7.09. The number of pyridine rings is 1. The summed E-state index contributed by atoms with van der Waals surface area (Å²) in [6, 6.07) is 21.1. The summed E-state index contributed by atoms with van der Waals surface area (Å²) >= 11 is -2.14. The van der Waals surface area contributed by atoms with Gasteiger partial charge in [0.2, 0.25) is 0 Å². The molecule has 1 heterocycles. The molecule has 3 aromatic rings. The van der Waals surface area contributed by atoms with Gasteiger partial charge in [-0.1, -0.05) is 0 Å². The Morgan fingerprint density at radius 1 is 0.885 bits per heavy atom. The first-order valence-electron chi connectivity index (χ1n) is 8.92. The van der Waals surface area contributed by atoms with Crippen LogP contribution in [0, 0.1) is 18.3 Å². The monoisotopic (exact) mass is 403 g/mol. The van der Waals surface area contributed by atoms with Gasteiger partial charge in [-0.05, 0) is 0 Å². The van der Waals surface area contributed by atoms with Crippen LogP contribution >= 0.6 is 0 Å². The molecule has 0 aliphatic carbocycles. The molecule has 0 spiro atoms. The zero-order chi connectivity index (χ0) is 18.9. The Bertz CT molecular complexity index is 1010. The predicted molar refractivity (Wildman–Crippen MR) is 111 cm³/mol. The van der Waals surface area contributed by atoms with Crippen LogP contribution in [0.25, 0.3) is 22.4 Å². The molecule has 0 atom stereocenters. The predicted octanol–water partition coefficient (Wildman–Crippen LogP) is 4.57. The SMILES string of the molecule is Cc1ccccc1-c1cc(-c2ccccc2C#N)[c]([Ge]([CH3])([CH3])[CH3])c[n+]1C. The number of rotatable bonds is 3. The van der Waals surface area contributed by atoms with E-state index in [-0.39, 0.29) is 0 Å². The third-order valence-corrected chi connectivity index (χ3v) is 9.07. The standard InChI is InChI=1S/C23H25GeN2/c1-17-10-6-8-12-19(17)23-14-21(20-13-9-7-11-18(20)15-25)22(16-26(23)5)24(2,3)4/h6-14,16H,1-5H3/q+1. The summed E-state index contributed by atoms with van der Waals surface area (Å²) in [5.74, 6) is 7.21. The van der Waals surface area contributed by atoms with E-state index in [0.29, 0.717) is 0 Å². The number of nitriles is 1. The third-order valence-electron chi connectivity index (χ3n) is 4.84. The zero-order valence-corrected chi connectivity index (χ0v) is 18.3. The number of hydrogen-bond acceptors (Lipinski definition) is 1. The van der Waals surface area contributed by atoms with Crippen molar-refractivity contribution in [2.45, 2.75) is 24.2 Å². The van der Waals surface area contributed by atoms with Gasteiger partial charge in [0.25, 0.3) is 0 Å². The first kappa shape index (κ1) is 18.4. The molecule has 3 heteroatoms. The molecule has 0 amide bonds. The molecule has 0 bridgehead atoms. The molecule has 26 heavy (non-hydrogen) atoms. The second-order valence-electron chi connectivity index (χ2n) is 7.82. The van der Waals surface area contributed by atoms with Crippen molar-refractivity contribution in [3.8, 4) is 28.5 Å². The summed E-state index contributed by atoms with van der Waals surface area (Å²) in [6.07, 6.45) is 2.30. The van der Waals surface area contributed by atoms with Gasteiger partial charge in [-0.15, -0.1) is 0 Å². The maximum absolute atomic E-state index is 9.62. The van der Waals surface area contributed by atoms with E-state index < -0.39 is 13.3 Å². The van der Waals surface area contributed by atoms with E-state index in [1.807, 2.05) is 18.2 Å². The maximum atomic E-state index is 9.62. The molecule has 130 valence electrons. The van der Waals surface area contributed by atoms with E-state index in [1.165, 1.54) is 26.8 Å². The summed E-state index contributed by atoms with van der Waals surface area (Å²) in [6.45, 7) is 2.15. The topological polar surface area (TPSA) is 27.7 Å². The second-order valence-corrected chi connectivity index (χ2v) is 18.4. The number of nitrogens with zero attached hydrogens (tertiary/aromatic N) is 2. The normalized spacial score (nSPS) is 11.2. The first-order chi connectivity index (χ1) is 12.3. The Balaban J connectivity index is 2.37. The Labute approximate surface area is 159 Å². The van der Waals surface area contributed by atoms with Gasteiger partial charge in [-0.2, -0.15) is 0 Å². The molecule has 0 fully saturated rings. The molecule has 0 aliphatic heterocycles. The van der Waals surface area contributed by atoms with Crippen LogP contribution in [0.5, 0.6) is 0 Å².